The maximum atomic E-state index is 12.9. The van der Waals surface area contributed by atoms with Crippen LogP contribution in [0.1, 0.15) is 16.7 Å². The standard InChI is InChI=1S/C22H21ClFNO2/c1-26-21-12-18(14-25-13-16-7-9-19(24)10-8-16)11-20(23)22(21)27-15-17-5-3-2-4-6-17/h2-12,25H,13-15H2,1H3. The molecule has 27 heavy (non-hydrogen) atoms. The summed E-state index contributed by atoms with van der Waals surface area (Å²) in [6.45, 7) is 1.65. The highest BCUT2D eigenvalue weighted by molar-refractivity contribution is 6.32. The van der Waals surface area contributed by atoms with E-state index < -0.39 is 0 Å². The average Bonchev–Trinajstić information content (AvgIpc) is 2.69. The van der Waals surface area contributed by atoms with Crippen molar-refractivity contribution < 1.29 is 13.9 Å². The van der Waals surface area contributed by atoms with Crippen molar-refractivity contribution in [2.75, 3.05) is 7.11 Å². The molecule has 0 radical (unpaired) electrons. The Labute approximate surface area is 163 Å². The Kier molecular flexibility index (Phi) is 6.69. The highest BCUT2D eigenvalue weighted by Crippen LogP contribution is 2.37. The Morgan fingerprint density at radius 2 is 1.59 bits per heavy atom. The second kappa shape index (κ2) is 9.40. The molecule has 0 bridgehead atoms. The van der Waals surface area contributed by atoms with Crippen molar-refractivity contribution in [3.8, 4) is 11.5 Å². The van der Waals surface area contributed by atoms with E-state index in [1.54, 1.807) is 19.2 Å². The number of halogens is 2. The topological polar surface area (TPSA) is 30.5 Å². The second-order valence-corrected chi connectivity index (χ2v) is 6.52. The van der Waals surface area contributed by atoms with Crippen LogP contribution in [0.4, 0.5) is 4.39 Å². The maximum Gasteiger partial charge on any atom is 0.180 e. The zero-order chi connectivity index (χ0) is 19.1. The number of benzene rings is 3. The van der Waals surface area contributed by atoms with Gasteiger partial charge in [0.2, 0.25) is 0 Å². The largest absolute Gasteiger partial charge is 0.493 e. The van der Waals surface area contributed by atoms with Crippen LogP contribution in [0.25, 0.3) is 0 Å². The molecule has 3 rings (SSSR count). The molecule has 0 aliphatic rings. The van der Waals surface area contributed by atoms with Gasteiger partial charge in [-0.1, -0.05) is 54.1 Å². The smallest absolute Gasteiger partial charge is 0.180 e. The molecular formula is C22H21ClFNO2. The SMILES string of the molecule is COc1cc(CNCc2ccc(F)cc2)cc(Cl)c1OCc1ccccc1. The molecule has 0 aromatic heterocycles. The third-order valence-electron chi connectivity index (χ3n) is 4.09. The molecular weight excluding hydrogens is 365 g/mol. The molecule has 0 heterocycles. The van der Waals surface area contributed by atoms with E-state index in [0.717, 1.165) is 16.7 Å². The van der Waals surface area contributed by atoms with Gasteiger partial charge in [0, 0.05) is 13.1 Å². The number of ether oxygens (including phenoxy) is 2. The summed E-state index contributed by atoms with van der Waals surface area (Å²) in [6, 6.07) is 20.1. The van der Waals surface area contributed by atoms with Gasteiger partial charge in [-0.05, 0) is 41.0 Å². The predicted octanol–water partition coefficient (Wildman–Crippen LogP) is 5.36. The van der Waals surface area contributed by atoms with Crippen LogP contribution in [0.15, 0.2) is 66.7 Å². The van der Waals surface area contributed by atoms with Crippen molar-refractivity contribution in [1.82, 2.24) is 5.32 Å². The fourth-order valence-electron chi connectivity index (χ4n) is 2.70. The van der Waals surface area contributed by atoms with Gasteiger partial charge in [-0.2, -0.15) is 0 Å². The molecule has 3 nitrogen and oxygen atoms in total. The van der Waals surface area contributed by atoms with Gasteiger partial charge in [-0.15, -0.1) is 0 Å². The van der Waals surface area contributed by atoms with Gasteiger partial charge >= 0.3 is 0 Å². The van der Waals surface area contributed by atoms with E-state index in [1.165, 1.54) is 12.1 Å². The highest BCUT2D eigenvalue weighted by Gasteiger charge is 2.12. The number of methoxy groups -OCH3 is 1. The molecule has 140 valence electrons. The van der Waals surface area contributed by atoms with Gasteiger partial charge in [-0.25, -0.2) is 4.39 Å². The van der Waals surface area contributed by atoms with Crippen LogP contribution in [0.5, 0.6) is 11.5 Å². The summed E-state index contributed by atoms with van der Waals surface area (Å²) >= 11 is 6.42. The molecule has 0 atom stereocenters. The summed E-state index contributed by atoms with van der Waals surface area (Å²) in [7, 11) is 1.59. The minimum absolute atomic E-state index is 0.235. The van der Waals surface area contributed by atoms with E-state index in [0.29, 0.717) is 36.2 Å². The lowest BCUT2D eigenvalue weighted by atomic mass is 10.1. The van der Waals surface area contributed by atoms with Crippen molar-refractivity contribution in [2.45, 2.75) is 19.7 Å². The monoisotopic (exact) mass is 385 g/mol. The van der Waals surface area contributed by atoms with Gasteiger partial charge in [-0.3, -0.25) is 0 Å². The molecule has 0 fully saturated rings. The van der Waals surface area contributed by atoms with Crippen LogP contribution < -0.4 is 14.8 Å². The number of hydrogen-bond donors (Lipinski definition) is 1. The average molecular weight is 386 g/mol. The van der Waals surface area contributed by atoms with Crippen molar-refractivity contribution in [3.63, 3.8) is 0 Å². The first-order valence-corrected chi connectivity index (χ1v) is 9.02. The molecule has 0 amide bonds. The Balaban J connectivity index is 1.63. The van der Waals surface area contributed by atoms with E-state index in [1.807, 2.05) is 42.5 Å². The minimum Gasteiger partial charge on any atom is -0.493 e. The first-order chi connectivity index (χ1) is 13.2. The van der Waals surface area contributed by atoms with Gasteiger partial charge in [0.05, 0.1) is 12.1 Å². The van der Waals surface area contributed by atoms with Crippen molar-refractivity contribution in [3.05, 3.63) is 94.3 Å². The molecule has 0 saturated carbocycles. The summed E-state index contributed by atoms with van der Waals surface area (Å²) < 4.78 is 24.3. The molecule has 3 aromatic carbocycles. The summed E-state index contributed by atoms with van der Waals surface area (Å²) in [4.78, 5) is 0. The molecule has 3 aromatic rings. The fourth-order valence-corrected chi connectivity index (χ4v) is 2.99. The van der Waals surface area contributed by atoms with Crippen LogP contribution in [-0.2, 0) is 19.7 Å². The third kappa shape index (κ3) is 5.46. The maximum absolute atomic E-state index is 12.9. The lowest BCUT2D eigenvalue weighted by Gasteiger charge is -2.15. The molecule has 1 N–H and O–H groups in total. The van der Waals surface area contributed by atoms with Crippen molar-refractivity contribution in [2.24, 2.45) is 0 Å². The molecule has 0 saturated heterocycles. The van der Waals surface area contributed by atoms with Crippen LogP contribution in [0.2, 0.25) is 5.02 Å². The van der Waals surface area contributed by atoms with E-state index >= 15 is 0 Å². The molecule has 5 heteroatoms. The van der Waals surface area contributed by atoms with Crippen LogP contribution in [0, 0.1) is 5.82 Å². The summed E-state index contributed by atoms with van der Waals surface area (Å²) in [5.74, 6) is 0.892. The number of nitrogens with one attached hydrogen (secondary N) is 1. The quantitative estimate of drug-likeness (QED) is 0.566. The first kappa shape index (κ1) is 19.2. The molecule has 0 spiro atoms. The zero-order valence-electron chi connectivity index (χ0n) is 15.0. The predicted molar refractivity (Wildman–Crippen MR) is 106 cm³/mol. The van der Waals surface area contributed by atoms with E-state index in [-0.39, 0.29) is 5.82 Å². The van der Waals surface area contributed by atoms with E-state index in [2.05, 4.69) is 5.32 Å². The fraction of sp³-hybridized carbons (Fsp3) is 0.182. The first-order valence-electron chi connectivity index (χ1n) is 8.64. The van der Waals surface area contributed by atoms with Crippen LogP contribution in [-0.4, -0.2) is 7.11 Å². The lowest BCUT2D eigenvalue weighted by molar-refractivity contribution is 0.284. The van der Waals surface area contributed by atoms with Gasteiger partial charge in [0.1, 0.15) is 12.4 Å². The Bertz CT molecular complexity index is 869. The van der Waals surface area contributed by atoms with Crippen LogP contribution >= 0.6 is 11.6 Å². The van der Waals surface area contributed by atoms with Gasteiger partial charge in [0.15, 0.2) is 11.5 Å². The molecule has 0 aliphatic heterocycles. The van der Waals surface area contributed by atoms with E-state index in [9.17, 15) is 4.39 Å². The van der Waals surface area contributed by atoms with Gasteiger partial charge in [0.25, 0.3) is 0 Å². The summed E-state index contributed by atoms with van der Waals surface area (Å²) in [6.07, 6.45) is 0. The summed E-state index contributed by atoms with van der Waals surface area (Å²) in [5.41, 5.74) is 3.05. The molecule has 0 unspecified atom stereocenters. The zero-order valence-corrected chi connectivity index (χ0v) is 15.8. The lowest BCUT2D eigenvalue weighted by Crippen LogP contribution is -2.13. The third-order valence-corrected chi connectivity index (χ3v) is 4.37. The van der Waals surface area contributed by atoms with Gasteiger partial charge < -0.3 is 14.8 Å². The number of rotatable bonds is 8. The Morgan fingerprint density at radius 1 is 0.889 bits per heavy atom. The highest BCUT2D eigenvalue weighted by atomic mass is 35.5. The Morgan fingerprint density at radius 3 is 2.30 bits per heavy atom. The van der Waals surface area contributed by atoms with Crippen molar-refractivity contribution in [1.29, 1.82) is 0 Å². The van der Waals surface area contributed by atoms with Crippen LogP contribution in [0.3, 0.4) is 0 Å². The number of hydrogen-bond acceptors (Lipinski definition) is 3. The normalized spacial score (nSPS) is 10.6. The second-order valence-electron chi connectivity index (χ2n) is 6.11. The molecule has 0 aliphatic carbocycles. The Hall–Kier alpha value is -2.56. The summed E-state index contributed by atoms with van der Waals surface area (Å²) in [5, 5.41) is 3.82. The van der Waals surface area contributed by atoms with E-state index in [4.69, 9.17) is 21.1 Å². The van der Waals surface area contributed by atoms with Crippen molar-refractivity contribution >= 4 is 11.6 Å². The minimum atomic E-state index is -0.235.